The third kappa shape index (κ3) is 5.04. The number of rotatable bonds is 6. The quantitative estimate of drug-likeness (QED) is 0.246. The number of likely N-dealkylation sites (tertiary alicyclic amines) is 1. The van der Waals surface area contributed by atoms with Crippen LogP contribution >= 0.6 is 23.2 Å². The molecule has 2 heterocycles. The Morgan fingerprint density at radius 2 is 1.89 bits per heavy atom. The Morgan fingerprint density at radius 3 is 2.51 bits per heavy atom. The van der Waals surface area contributed by atoms with Gasteiger partial charge in [-0.2, -0.15) is 0 Å². The zero-order chi connectivity index (χ0) is 25.3. The second-order valence-electron chi connectivity index (χ2n) is 8.61. The van der Waals surface area contributed by atoms with E-state index in [1.807, 2.05) is 26.8 Å². The van der Waals surface area contributed by atoms with Crippen LogP contribution in [0.15, 0.2) is 66.5 Å². The van der Waals surface area contributed by atoms with Crippen LogP contribution in [0, 0.1) is 6.92 Å². The van der Waals surface area contributed by atoms with Crippen LogP contribution in [-0.4, -0.2) is 32.8 Å². The third-order valence-corrected chi connectivity index (χ3v) is 6.44. The molecule has 35 heavy (non-hydrogen) atoms. The van der Waals surface area contributed by atoms with E-state index in [2.05, 4.69) is 4.98 Å². The van der Waals surface area contributed by atoms with Gasteiger partial charge in [-0.1, -0.05) is 35.3 Å². The fourth-order valence-corrected chi connectivity index (χ4v) is 4.46. The molecule has 1 fully saturated rings. The van der Waals surface area contributed by atoms with Gasteiger partial charge in [0, 0.05) is 24.5 Å². The number of carbonyl (C=O) groups is 2. The first kappa shape index (κ1) is 24.8. The predicted octanol–water partition coefficient (Wildman–Crippen LogP) is 6.11. The molecular weight excluding hydrogens is 487 g/mol. The highest BCUT2D eigenvalue weighted by molar-refractivity contribution is 6.46. The molecule has 6 nitrogen and oxygen atoms in total. The summed E-state index contributed by atoms with van der Waals surface area (Å²) in [5.41, 5.74) is 2.42. The highest BCUT2D eigenvalue weighted by Gasteiger charge is 2.46. The van der Waals surface area contributed by atoms with Crippen molar-refractivity contribution in [2.75, 3.05) is 0 Å². The highest BCUT2D eigenvalue weighted by Crippen LogP contribution is 2.42. The van der Waals surface area contributed by atoms with Gasteiger partial charge in [-0.15, -0.1) is 0 Å². The number of nitrogens with zero attached hydrogens (tertiary/aromatic N) is 2. The van der Waals surface area contributed by atoms with Crippen LogP contribution in [0.5, 0.6) is 5.75 Å². The van der Waals surface area contributed by atoms with Crippen LogP contribution in [0.3, 0.4) is 0 Å². The number of aryl methyl sites for hydroxylation is 1. The predicted molar refractivity (Wildman–Crippen MR) is 135 cm³/mol. The molecule has 0 spiro atoms. The fraction of sp³-hybridized carbons (Fsp3) is 0.222. The van der Waals surface area contributed by atoms with Crippen LogP contribution in [0.4, 0.5) is 0 Å². The Balaban J connectivity index is 1.86. The number of pyridine rings is 1. The summed E-state index contributed by atoms with van der Waals surface area (Å²) in [6.45, 7) is 5.77. The van der Waals surface area contributed by atoms with E-state index in [4.69, 9.17) is 27.9 Å². The maximum Gasteiger partial charge on any atom is 0.295 e. The molecule has 1 amide bonds. The molecule has 1 aliphatic rings. The zero-order valence-electron chi connectivity index (χ0n) is 19.5. The van der Waals surface area contributed by atoms with Gasteiger partial charge in [0.2, 0.25) is 0 Å². The maximum atomic E-state index is 13.3. The number of aromatic nitrogens is 1. The van der Waals surface area contributed by atoms with Crippen molar-refractivity contribution in [3.8, 4) is 5.75 Å². The average molecular weight is 511 g/mol. The first-order valence-electron chi connectivity index (χ1n) is 11.1. The van der Waals surface area contributed by atoms with Crippen molar-refractivity contribution in [3.63, 3.8) is 0 Å². The van der Waals surface area contributed by atoms with Crippen LogP contribution in [-0.2, 0) is 16.1 Å². The molecule has 1 aromatic heterocycles. The Morgan fingerprint density at radius 1 is 1.11 bits per heavy atom. The van der Waals surface area contributed by atoms with Crippen molar-refractivity contribution in [2.45, 2.75) is 39.5 Å². The lowest BCUT2D eigenvalue weighted by atomic mass is 9.93. The Hall–Kier alpha value is -3.35. The number of carbonyl (C=O) groups excluding carboxylic acids is 2. The van der Waals surface area contributed by atoms with E-state index in [-0.39, 0.29) is 29.0 Å². The van der Waals surface area contributed by atoms with Crippen molar-refractivity contribution >= 4 is 40.7 Å². The molecule has 1 aliphatic heterocycles. The molecule has 1 atom stereocenters. The first-order chi connectivity index (χ1) is 16.7. The molecule has 1 N–H and O–H groups in total. The summed E-state index contributed by atoms with van der Waals surface area (Å²) in [6.07, 6.45) is 3.24. The SMILES string of the molecule is Cc1cc(OC(C)C)ccc1C(O)=C1C(=O)C(=O)N(Cc2cccnc2)[C@@H]1c1ccc(Cl)c(Cl)c1. The minimum atomic E-state index is -0.865. The van der Waals surface area contributed by atoms with Gasteiger partial charge >= 0.3 is 0 Å². The normalized spacial score (nSPS) is 17.3. The molecule has 8 heteroatoms. The Bertz CT molecular complexity index is 1320. The van der Waals surface area contributed by atoms with Gasteiger partial charge < -0.3 is 14.7 Å². The fourth-order valence-electron chi connectivity index (χ4n) is 4.15. The number of benzene rings is 2. The lowest BCUT2D eigenvalue weighted by Gasteiger charge is -2.25. The second-order valence-corrected chi connectivity index (χ2v) is 9.42. The van der Waals surface area contributed by atoms with Crippen molar-refractivity contribution < 1.29 is 19.4 Å². The summed E-state index contributed by atoms with van der Waals surface area (Å²) < 4.78 is 5.73. The van der Waals surface area contributed by atoms with Crippen molar-refractivity contribution in [1.29, 1.82) is 0 Å². The van der Waals surface area contributed by atoms with Crippen LogP contribution < -0.4 is 4.74 Å². The van der Waals surface area contributed by atoms with Gasteiger partial charge in [0.15, 0.2) is 0 Å². The number of hydrogen-bond acceptors (Lipinski definition) is 5. The molecule has 0 saturated carbocycles. The van der Waals surface area contributed by atoms with Crippen molar-refractivity contribution in [2.24, 2.45) is 0 Å². The summed E-state index contributed by atoms with van der Waals surface area (Å²) in [5.74, 6) is -1.11. The number of ketones is 1. The molecule has 0 bridgehead atoms. The molecular formula is C27H24Cl2N2O4. The zero-order valence-corrected chi connectivity index (χ0v) is 21.0. The van der Waals surface area contributed by atoms with E-state index in [9.17, 15) is 14.7 Å². The van der Waals surface area contributed by atoms with E-state index in [1.165, 1.54) is 4.90 Å². The van der Waals surface area contributed by atoms with Crippen LogP contribution in [0.25, 0.3) is 5.76 Å². The lowest BCUT2D eigenvalue weighted by Crippen LogP contribution is -2.29. The molecule has 1 saturated heterocycles. The monoisotopic (exact) mass is 510 g/mol. The second kappa shape index (κ2) is 10.1. The Labute approximate surface area is 213 Å². The molecule has 0 radical (unpaired) electrons. The largest absolute Gasteiger partial charge is 0.507 e. The highest BCUT2D eigenvalue weighted by atomic mass is 35.5. The molecule has 180 valence electrons. The number of halogens is 2. The molecule has 0 unspecified atom stereocenters. The number of ether oxygens (including phenoxy) is 1. The Kier molecular flexibility index (Phi) is 7.15. The average Bonchev–Trinajstić information content (AvgIpc) is 3.06. The van der Waals surface area contributed by atoms with E-state index < -0.39 is 17.7 Å². The summed E-state index contributed by atoms with van der Waals surface area (Å²) in [4.78, 5) is 32.0. The smallest absolute Gasteiger partial charge is 0.295 e. The van der Waals surface area contributed by atoms with Crippen LogP contribution in [0.2, 0.25) is 10.0 Å². The van der Waals surface area contributed by atoms with Gasteiger partial charge in [0.25, 0.3) is 11.7 Å². The van der Waals surface area contributed by atoms with E-state index in [0.29, 0.717) is 27.5 Å². The maximum absolute atomic E-state index is 13.3. The summed E-state index contributed by atoms with van der Waals surface area (Å²) >= 11 is 12.4. The van der Waals surface area contributed by atoms with Crippen molar-refractivity contribution in [1.82, 2.24) is 9.88 Å². The van der Waals surface area contributed by atoms with Crippen LogP contribution in [0.1, 0.15) is 42.1 Å². The van der Waals surface area contributed by atoms with Gasteiger partial charge in [-0.05, 0) is 73.9 Å². The molecule has 4 rings (SSSR count). The molecule has 2 aromatic carbocycles. The molecule has 0 aliphatic carbocycles. The standard InChI is InChI=1S/C27H24Cl2N2O4/c1-15(2)35-19-7-8-20(16(3)11-19)25(32)23-24(18-6-9-21(28)22(29)12-18)31(27(34)26(23)33)14-17-5-4-10-30-13-17/h4-13,15,24,32H,14H2,1-3H3/t24-/m1/s1. The number of amides is 1. The number of Topliss-reactive ketones (excluding diaryl/α,β-unsaturated/α-hetero) is 1. The van der Waals surface area contributed by atoms with Gasteiger partial charge in [0.05, 0.1) is 27.8 Å². The number of aliphatic hydroxyl groups excluding tert-OH is 1. The van der Waals surface area contributed by atoms with E-state index in [1.54, 1.807) is 54.9 Å². The van der Waals surface area contributed by atoms with E-state index >= 15 is 0 Å². The third-order valence-electron chi connectivity index (χ3n) is 5.70. The summed E-state index contributed by atoms with van der Waals surface area (Å²) in [6, 6.07) is 12.8. The van der Waals surface area contributed by atoms with E-state index in [0.717, 1.165) is 5.56 Å². The number of aliphatic hydroxyl groups is 1. The topological polar surface area (TPSA) is 79.7 Å². The molecule has 3 aromatic rings. The summed E-state index contributed by atoms with van der Waals surface area (Å²) in [5, 5.41) is 12.0. The van der Waals surface area contributed by atoms with Gasteiger partial charge in [-0.25, -0.2) is 0 Å². The van der Waals surface area contributed by atoms with Gasteiger partial charge in [0.1, 0.15) is 11.5 Å². The lowest BCUT2D eigenvalue weighted by molar-refractivity contribution is -0.140. The number of hydrogen-bond donors (Lipinski definition) is 1. The van der Waals surface area contributed by atoms with Crippen molar-refractivity contribution in [3.05, 3.63) is 98.8 Å². The first-order valence-corrected chi connectivity index (χ1v) is 11.8. The minimum Gasteiger partial charge on any atom is -0.507 e. The minimum absolute atomic E-state index is 0.0127. The summed E-state index contributed by atoms with van der Waals surface area (Å²) in [7, 11) is 0. The van der Waals surface area contributed by atoms with Gasteiger partial charge in [-0.3, -0.25) is 14.6 Å².